The zero-order valence-corrected chi connectivity index (χ0v) is 13.2. The summed E-state index contributed by atoms with van der Waals surface area (Å²) in [5, 5.41) is 0. The van der Waals surface area contributed by atoms with Gasteiger partial charge < -0.3 is 4.74 Å². The molecule has 0 aromatic carbocycles. The Kier molecular flexibility index (Phi) is 5.00. The van der Waals surface area contributed by atoms with Gasteiger partial charge >= 0.3 is 0 Å². The maximum Gasteiger partial charge on any atom is 0.0873 e. The van der Waals surface area contributed by atoms with Crippen molar-refractivity contribution in [3.8, 4) is 0 Å². The molecule has 0 bridgehead atoms. The average Bonchev–Trinajstić information content (AvgIpc) is 2.87. The number of ether oxygens (including phenoxy) is 1. The van der Waals surface area contributed by atoms with E-state index >= 15 is 0 Å². The molecule has 0 amide bonds. The van der Waals surface area contributed by atoms with E-state index < -0.39 is 0 Å². The Balaban J connectivity index is 2.23. The maximum atomic E-state index is 6.01. The fourth-order valence-electron chi connectivity index (χ4n) is 2.28. The predicted octanol–water partition coefficient (Wildman–Crippen LogP) is 5.40. The van der Waals surface area contributed by atoms with Crippen molar-refractivity contribution >= 4 is 16.9 Å². The second kappa shape index (κ2) is 6.53. The minimum atomic E-state index is 0.238. The van der Waals surface area contributed by atoms with Gasteiger partial charge in [0.1, 0.15) is 0 Å². The van der Waals surface area contributed by atoms with E-state index in [1.807, 2.05) is 11.3 Å². The van der Waals surface area contributed by atoms with Gasteiger partial charge in [0.05, 0.1) is 6.10 Å². The molecule has 2 heteroatoms. The molecule has 0 spiro atoms. The first-order valence-electron chi connectivity index (χ1n) is 7.21. The molecule has 19 heavy (non-hydrogen) atoms. The van der Waals surface area contributed by atoms with Crippen molar-refractivity contribution in [2.24, 2.45) is 0 Å². The van der Waals surface area contributed by atoms with Crippen LogP contribution in [0.2, 0.25) is 0 Å². The highest BCUT2D eigenvalue weighted by Gasteiger charge is 2.20. The van der Waals surface area contributed by atoms with Crippen LogP contribution in [-0.4, -0.2) is 12.7 Å². The molecule has 2 rings (SSSR count). The van der Waals surface area contributed by atoms with Gasteiger partial charge in [0.25, 0.3) is 0 Å². The molecule has 0 saturated carbocycles. The van der Waals surface area contributed by atoms with Crippen LogP contribution in [0, 0.1) is 0 Å². The van der Waals surface area contributed by atoms with Crippen molar-refractivity contribution < 1.29 is 4.74 Å². The monoisotopic (exact) mass is 276 g/mol. The lowest BCUT2D eigenvalue weighted by molar-refractivity contribution is 0.0934. The van der Waals surface area contributed by atoms with Crippen molar-refractivity contribution in [2.75, 3.05) is 6.61 Å². The van der Waals surface area contributed by atoms with E-state index in [9.17, 15) is 0 Å². The van der Waals surface area contributed by atoms with Gasteiger partial charge in [-0.25, -0.2) is 0 Å². The normalized spacial score (nSPS) is 19.5. The Hall–Kier alpha value is -0.860. The molecule has 0 N–H and O–H groups in total. The zero-order chi connectivity index (χ0) is 13.8. The van der Waals surface area contributed by atoms with Crippen LogP contribution in [0.15, 0.2) is 29.9 Å². The lowest BCUT2D eigenvalue weighted by atomic mass is 9.96. The molecule has 1 aromatic rings. The summed E-state index contributed by atoms with van der Waals surface area (Å²) in [6, 6.07) is 4.52. The Morgan fingerprint density at radius 1 is 1.37 bits per heavy atom. The number of rotatable bonds is 5. The van der Waals surface area contributed by atoms with Crippen LogP contribution < -0.4 is 0 Å². The van der Waals surface area contributed by atoms with Crippen LogP contribution in [0.1, 0.15) is 56.2 Å². The molecule has 1 unspecified atom stereocenters. The van der Waals surface area contributed by atoms with E-state index in [0.717, 1.165) is 19.4 Å². The fraction of sp³-hybridized carbons (Fsp3) is 0.529. The molecule has 1 heterocycles. The van der Waals surface area contributed by atoms with Gasteiger partial charge in [-0.2, -0.15) is 0 Å². The molecule has 0 aliphatic heterocycles. The topological polar surface area (TPSA) is 9.23 Å². The zero-order valence-electron chi connectivity index (χ0n) is 12.4. The summed E-state index contributed by atoms with van der Waals surface area (Å²) in [4.78, 5) is 2.83. The van der Waals surface area contributed by atoms with E-state index in [4.69, 9.17) is 4.74 Å². The first kappa shape index (κ1) is 14.5. The van der Waals surface area contributed by atoms with E-state index in [0.29, 0.717) is 5.92 Å². The second-order valence-electron chi connectivity index (χ2n) is 5.50. The summed E-state index contributed by atoms with van der Waals surface area (Å²) in [5.74, 6) is 0.606. The van der Waals surface area contributed by atoms with E-state index in [1.165, 1.54) is 20.9 Å². The Morgan fingerprint density at radius 3 is 2.79 bits per heavy atom. The summed E-state index contributed by atoms with van der Waals surface area (Å²) in [7, 11) is 0. The molecule has 0 fully saturated rings. The van der Waals surface area contributed by atoms with Crippen LogP contribution in [-0.2, 0) is 4.74 Å². The first-order chi connectivity index (χ1) is 9.11. The predicted molar refractivity (Wildman–Crippen MR) is 84.8 cm³/mol. The molecule has 1 nitrogen and oxygen atoms in total. The Morgan fingerprint density at radius 2 is 2.16 bits per heavy atom. The minimum absolute atomic E-state index is 0.238. The minimum Gasteiger partial charge on any atom is -0.373 e. The highest BCUT2D eigenvalue weighted by molar-refractivity contribution is 7.13. The summed E-state index contributed by atoms with van der Waals surface area (Å²) in [5.41, 5.74) is 2.72. The van der Waals surface area contributed by atoms with Gasteiger partial charge in [-0.1, -0.05) is 38.5 Å². The average molecular weight is 276 g/mol. The maximum absolute atomic E-state index is 6.01. The summed E-state index contributed by atoms with van der Waals surface area (Å²) in [6.07, 6.45) is 6.89. The molecule has 1 atom stereocenters. The summed E-state index contributed by atoms with van der Waals surface area (Å²) < 4.78 is 6.01. The standard InChI is InChI=1S/C17H24OS/c1-5-10-18-15-7-6-13(4)11-14(15)17-9-8-16(19-17)12(2)3/h6,8-9,11-12,15H,5,7,10H2,1-4H3. The third kappa shape index (κ3) is 3.58. The quantitative estimate of drug-likeness (QED) is 0.699. The Labute approximate surface area is 121 Å². The van der Waals surface area contributed by atoms with Crippen LogP contribution in [0.25, 0.3) is 5.57 Å². The van der Waals surface area contributed by atoms with Gasteiger partial charge in [-0.3, -0.25) is 0 Å². The third-order valence-corrected chi connectivity index (χ3v) is 4.82. The van der Waals surface area contributed by atoms with Gasteiger partial charge in [0, 0.05) is 16.4 Å². The SMILES string of the molecule is CCCOC1CC=C(C)C=C1c1ccc(C(C)C)s1. The molecule has 1 aromatic heterocycles. The van der Waals surface area contributed by atoms with Gasteiger partial charge in [0.2, 0.25) is 0 Å². The van der Waals surface area contributed by atoms with Crippen LogP contribution in [0.4, 0.5) is 0 Å². The first-order valence-corrected chi connectivity index (χ1v) is 8.03. The Bertz CT molecular complexity index is 479. The van der Waals surface area contributed by atoms with Crippen molar-refractivity contribution in [2.45, 2.75) is 52.6 Å². The molecule has 1 aliphatic carbocycles. The van der Waals surface area contributed by atoms with Gasteiger partial charge in [-0.05, 0) is 43.4 Å². The third-order valence-electron chi connectivity index (χ3n) is 3.39. The summed E-state index contributed by atoms with van der Waals surface area (Å²) >= 11 is 1.91. The molecule has 0 saturated heterocycles. The van der Waals surface area contributed by atoms with E-state index in [2.05, 4.69) is 52.0 Å². The van der Waals surface area contributed by atoms with Gasteiger partial charge in [0.15, 0.2) is 0 Å². The van der Waals surface area contributed by atoms with E-state index in [1.54, 1.807) is 0 Å². The van der Waals surface area contributed by atoms with E-state index in [-0.39, 0.29) is 6.10 Å². The highest BCUT2D eigenvalue weighted by Crippen LogP contribution is 2.35. The van der Waals surface area contributed by atoms with Gasteiger partial charge in [-0.15, -0.1) is 11.3 Å². The second-order valence-corrected chi connectivity index (χ2v) is 6.62. The summed E-state index contributed by atoms with van der Waals surface area (Å²) in [6.45, 7) is 9.68. The van der Waals surface area contributed by atoms with Crippen LogP contribution in [0.5, 0.6) is 0 Å². The highest BCUT2D eigenvalue weighted by atomic mass is 32.1. The smallest absolute Gasteiger partial charge is 0.0873 e. The molecule has 104 valence electrons. The van der Waals surface area contributed by atoms with Crippen molar-refractivity contribution in [3.63, 3.8) is 0 Å². The number of thiophene rings is 1. The van der Waals surface area contributed by atoms with Crippen LogP contribution in [0.3, 0.4) is 0 Å². The lowest BCUT2D eigenvalue weighted by Gasteiger charge is -2.22. The molecule has 0 radical (unpaired) electrons. The lowest BCUT2D eigenvalue weighted by Crippen LogP contribution is -2.17. The molecular weight excluding hydrogens is 252 g/mol. The number of hydrogen-bond donors (Lipinski definition) is 0. The fourth-order valence-corrected chi connectivity index (χ4v) is 3.35. The largest absolute Gasteiger partial charge is 0.373 e. The number of allylic oxidation sites excluding steroid dienone is 2. The van der Waals surface area contributed by atoms with Crippen molar-refractivity contribution in [1.29, 1.82) is 0 Å². The van der Waals surface area contributed by atoms with Crippen LogP contribution >= 0.6 is 11.3 Å². The van der Waals surface area contributed by atoms with Crippen molar-refractivity contribution in [1.82, 2.24) is 0 Å². The number of hydrogen-bond acceptors (Lipinski definition) is 2. The molecular formula is C17H24OS. The van der Waals surface area contributed by atoms with Crippen molar-refractivity contribution in [3.05, 3.63) is 39.6 Å². The molecule has 1 aliphatic rings.